The third kappa shape index (κ3) is 4.64. The van der Waals surface area contributed by atoms with Crippen molar-refractivity contribution < 1.29 is 9.59 Å². The molecular formula is C29H27N3O2. The van der Waals surface area contributed by atoms with Gasteiger partial charge in [0.2, 0.25) is 0 Å². The Kier molecular flexibility index (Phi) is 6.25. The monoisotopic (exact) mass is 449 g/mol. The van der Waals surface area contributed by atoms with Crippen LogP contribution in [0.2, 0.25) is 0 Å². The summed E-state index contributed by atoms with van der Waals surface area (Å²) in [5.74, 6) is -0.339. The summed E-state index contributed by atoms with van der Waals surface area (Å²) < 4.78 is 0. The van der Waals surface area contributed by atoms with Gasteiger partial charge in [-0.05, 0) is 53.4 Å². The topological polar surface area (TPSA) is 61.4 Å². The Balaban J connectivity index is 1.41. The number of rotatable bonds is 6. The minimum absolute atomic E-state index is 0.146. The van der Waals surface area contributed by atoms with Gasteiger partial charge in [-0.1, -0.05) is 66.7 Å². The Bertz CT molecular complexity index is 1320. The molecule has 0 aliphatic carbocycles. The van der Waals surface area contributed by atoms with E-state index in [0.717, 1.165) is 48.0 Å². The molecule has 0 aromatic heterocycles. The number of carbonyl (C=O) groups excluding carboxylic acids is 2. The van der Waals surface area contributed by atoms with Crippen molar-refractivity contribution in [3.8, 4) is 0 Å². The van der Waals surface area contributed by atoms with E-state index < -0.39 is 0 Å². The van der Waals surface area contributed by atoms with Gasteiger partial charge in [-0.15, -0.1) is 0 Å². The Morgan fingerprint density at radius 3 is 2.29 bits per heavy atom. The van der Waals surface area contributed by atoms with E-state index in [2.05, 4.69) is 15.5 Å². The Hall–Kier alpha value is -4.12. The van der Waals surface area contributed by atoms with E-state index >= 15 is 0 Å². The van der Waals surface area contributed by atoms with Gasteiger partial charge in [-0.3, -0.25) is 9.59 Å². The first-order chi connectivity index (χ1) is 16.7. The normalized spacial score (nSPS) is 13.1. The molecule has 1 aliphatic rings. The van der Waals surface area contributed by atoms with E-state index in [0.29, 0.717) is 23.4 Å². The molecule has 2 amide bonds. The minimum atomic E-state index is -0.193. The summed E-state index contributed by atoms with van der Waals surface area (Å²) in [6, 6.07) is 29.0. The summed E-state index contributed by atoms with van der Waals surface area (Å²) in [6.07, 6.45) is 2.23. The molecule has 4 aromatic carbocycles. The van der Waals surface area contributed by atoms with Crippen LogP contribution in [0, 0.1) is 0 Å². The molecule has 0 saturated carbocycles. The molecule has 5 heteroatoms. The Morgan fingerprint density at radius 2 is 1.47 bits per heavy atom. The highest BCUT2D eigenvalue weighted by molar-refractivity contribution is 6.13. The number of nitrogens with one attached hydrogen (secondary N) is 2. The summed E-state index contributed by atoms with van der Waals surface area (Å²) in [5.41, 5.74) is 3.74. The molecule has 34 heavy (non-hydrogen) atoms. The predicted octanol–water partition coefficient (Wildman–Crippen LogP) is 5.62. The largest absolute Gasteiger partial charge is 0.371 e. The van der Waals surface area contributed by atoms with E-state index in [-0.39, 0.29) is 11.8 Å². The van der Waals surface area contributed by atoms with Crippen molar-refractivity contribution in [3.63, 3.8) is 0 Å². The lowest BCUT2D eigenvalue weighted by molar-refractivity contribution is 0.0950. The van der Waals surface area contributed by atoms with Crippen molar-refractivity contribution in [2.24, 2.45) is 0 Å². The molecular weight excluding hydrogens is 422 g/mol. The summed E-state index contributed by atoms with van der Waals surface area (Å²) in [6.45, 7) is 2.31. The molecule has 4 aromatic rings. The molecule has 1 heterocycles. The van der Waals surface area contributed by atoms with Crippen molar-refractivity contribution >= 4 is 34.0 Å². The molecule has 0 unspecified atom stereocenters. The fraction of sp³-hybridized carbons (Fsp3) is 0.172. The zero-order valence-corrected chi connectivity index (χ0v) is 19.0. The highest BCUT2D eigenvalue weighted by Gasteiger charge is 2.21. The van der Waals surface area contributed by atoms with Gasteiger partial charge in [0, 0.05) is 36.6 Å². The molecule has 1 fully saturated rings. The number of hydrogen-bond donors (Lipinski definition) is 2. The first-order valence-electron chi connectivity index (χ1n) is 11.7. The standard InChI is InChI=1S/C29H27N3O2/c33-28(30-20-21-9-2-1-3-10-21)26-19-23(15-16-27(26)32-17-6-7-18-32)31-29(34)25-14-8-12-22-11-4-5-13-24(22)25/h1-5,8-16,19H,6-7,17-18,20H2,(H,30,33)(H,31,34). The van der Waals surface area contributed by atoms with Crippen molar-refractivity contribution in [1.29, 1.82) is 0 Å². The Labute approximate surface area is 199 Å². The van der Waals surface area contributed by atoms with Crippen molar-refractivity contribution in [2.45, 2.75) is 19.4 Å². The average Bonchev–Trinajstić information content (AvgIpc) is 3.42. The van der Waals surface area contributed by atoms with Crippen LogP contribution in [0.5, 0.6) is 0 Å². The molecule has 1 aliphatic heterocycles. The lowest BCUT2D eigenvalue weighted by atomic mass is 10.0. The molecule has 170 valence electrons. The molecule has 5 rings (SSSR count). The maximum atomic E-state index is 13.2. The zero-order chi connectivity index (χ0) is 23.3. The first kappa shape index (κ1) is 21.7. The second-order valence-corrected chi connectivity index (χ2v) is 8.58. The molecule has 0 spiro atoms. The number of nitrogens with zero attached hydrogens (tertiary/aromatic N) is 1. The van der Waals surface area contributed by atoms with E-state index in [1.54, 1.807) is 6.07 Å². The number of carbonyl (C=O) groups is 2. The number of anilines is 2. The van der Waals surface area contributed by atoms with E-state index in [9.17, 15) is 9.59 Å². The molecule has 5 nitrogen and oxygen atoms in total. The molecule has 1 saturated heterocycles. The van der Waals surface area contributed by atoms with Crippen LogP contribution in [0.3, 0.4) is 0 Å². The highest BCUT2D eigenvalue weighted by Crippen LogP contribution is 2.28. The van der Waals surface area contributed by atoms with Gasteiger partial charge in [0.05, 0.1) is 5.56 Å². The first-order valence-corrected chi connectivity index (χ1v) is 11.7. The van der Waals surface area contributed by atoms with Crippen molar-refractivity contribution in [3.05, 3.63) is 108 Å². The SMILES string of the molecule is O=C(NCc1ccccc1)c1cc(NC(=O)c2cccc3ccccc23)ccc1N1CCCC1. The summed E-state index contributed by atoms with van der Waals surface area (Å²) >= 11 is 0. The molecule has 2 N–H and O–H groups in total. The fourth-order valence-electron chi connectivity index (χ4n) is 4.52. The lowest BCUT2D eigenvalue weighted by Crippen LogP contribution is -2.27. The number of hydrogen-bond acceptors (Lipinski definition) is 3. The predicted molar refractivity (Wildman–Crippen MR) is 137 cm³/mol. The molecule has 0 bridgehead atoms. The van der Waals surface area contributed by atoms with Crippen LogP contribution in [0.25, 0.3) is 10.8 Å². The zero-order valence-electron chi connectivity index (χ0n) is 19.0. The maximum Gasteiger partial charge on any atom is 0.256 e. The van der Waals surface area contributed by atoms with Gasteiger partial charge in [0.25, 0.3) is 11.8 Å². The summed E-state index contributed by atoms with van der Waals surface area (Å²) in [7, 11) is 0. The summed E-state index contributed by atoms with van der Waals surface area (Å²) in [5, 5.41) is 7.95. The van der Waals surface area contributed by atoms with Crippen LogP contribution in [0.1, 0.15) is 39.1 Å². The number of amides is 2. The highest BCUT2D eigenvalue weighted by atomic mass is 16.2. The Morgan fingerprint density at radius 1 is 0.735 bits per heavy atom. The van der Waals surface area contributed by atoms with Gasteiger partial charge in [-0.2, -0.15) is 0 Å². The van der Waals surface area contributed by atoms with Crippen molar-refractivity contribution in [2.75, 3.05) is 23.3 Å². The van der Waals surface area contributed by atoms with Crippen LogP contribution in [-0.4, -0.2) is 24.9 Å². The molecule has 0 atom stereocenters. The van der Waals surface area contributed by atoms with E-state index in [4.69, 9.17) is 0 Å². The van der Waals surface area contributed by atoms with Gasteiger partial charge in [0.15, 0.2) is 0 Å². The minimum Gasteiger partial charge on any atom is -0.371 e. The molecule has 0 radical (unpaired) electrons. The third-order valence-corrected chi connectivity index (χ3v) is 6.28. The number of fused-ring (bicyclic) bond motifs is 1. The lowest BCUT2D eigenvalue weighted by Gasteiger charge is -2.22. The smallest absolute Gasteiger partial charge is 0.256 e. The second kappa shape index (κ2) is 9.79. The fourth-order valence-corrected chi connectivity index (χ4v) is 4.52. The second-order valence-electron chi connectivity index (χ2n) is 8.58. The van der Waals surface area contributed by atoms with Gasteiger partial charge in [0.1, 0.15) is 0 Å². The van der Waals surface area contributed by atoms with Crippen molar-refractivity contribution in [1.82, 2.24) is 5.32 Å². The quantitative estimate of drug-likeness (QED) is 0.401. The van der Waals surface area contributed by atoms with Crippen LogP contribution >= 0.6 is 0 Å². The number of benzene rings is 4. The maximum absolute atomic E-state index is 13.2. The van der Waals surface area contributed by atoms with Gasteiger partial charge < -0.3 is 15.5 Å². The van der Waals surface area contributed by atoms with Gasteiger partial charge in [-0.25, -0.2) is 0 Å². The van der Waals surface area contributed by atoms with E-state index in [1.807, 2.05) is 84.9 Å². The van der Waals surface area contributed by atoms with Crippen LogP contribution in [0.15, 0.2) is 91.0 Å². The van der Waals surface area contributed by atoms with Crippen LogP contribution < -0.4 is 15.5 Å². The third-order valence-electron chi connectivity index (χ3n) is 6.28. The van der Waals surface area contributed by atoms with E-state index in [1.165, 1.54) is 0 Å². The average molecular weight is 450 g/mol. The summed E-state index contributed by atoms with van der Waals surface area (Å²) in [4.78, 5) is 28.6. The van der Waals surface area contributed by atoms with Gasteiger partial charge >= 0.3 is 0 Å². The van der Waals surface area contributed by atoms with Crippen LogP contribution in [0.4, 0.5) is 11.4 Å². The van der Waals surface area contributed by atoms with Crippen LogP contribution in [-0.2, 0) is 6.54 Å².